The Morgan fingerprint density at radius 3 is 1.63 bits per heavy atom. The van der Waals surface area contributed by atoms with Crippen LogP contribution in [0.2, 0.25) is 0 Å². The van der Waals surface area contributed by atoms with Gasteiger partial charge in [0.1, 0.15) is 0 Å². The zero-order chi connectivity index (χ0) is 54.7. The molecule has 9 aromatic carbocycles. The van der Waals surface area contributed by atoms with Crippen molar-refractivity contribution in [3.8, 4) is 22.3 Å². The molecule has 0 unspecified atom stereocenters. The van der Waals surface area contributed by atoms with Crippen LogP contribution < -0.4 is 30.4 Å². The summed E-state index contributed by atoms with van der Waals surface area (Å²) in [5.41, 5.74) is 17.0. The van der Waals surface area contributed by atoms with Gasteiger partial charge in [0, 0.05) is 60.2 Å². The standard InChI is InChI=1S/C68H62BN3S/c1-66(2,3)48-30-34-53(35-31-48)71-60-40-47(45-22-14-10-15-23-45)41-61-63(60)69(65-64(71)56-43-50(68(7,8)9)33-39-62(56)73-65)57-37-36-54(70(51-26-18-12-19-27-51)52-28-20-13-21-29-52)44-59(57)72(61)58-38-32-49(67(4,5)6)42-55(58)46-24-16-11-17-25-46/h10-44H,1-9H3/i10D,14D,15D,22D,23D. The number of hydrogen-bond donors (Lipinski definition) is 0. The molecule has 10 aromatic rings. The molecule has 0 saturated heterocycles. The van der Waals surface area contributed by atoms with Crippen LogP contribution in [0.25, 0.3) is 32.3 Å². The van der Waals surface area contributed by atoms with Gasteiger partial charge in [-0.05, 0) is 145 Å². The fourth-order valence-corrected chi connectivity index (χ4v) is 12.2. The number of para-hydroxylation sites is 2. The highest BCUT2D eigenvalue weighted by molar-refractivity contribution is 7.33. The molecule has 1 aromatic heterocycles. The highest BCUT2D eigenvalue weighted by Crippen LogP contribution is 2.52. The molecule has 0 saturated carbocycles. The first-order valence-corrected chi connectivity index (χ1v) is 26.3. The van der Waals surface area contributed by atoms with E-state index in [0.29, 0.717) is 5.56 Å². The van der Waals surface area contributed by atoms with Gasteiger partial charge in [-0.3, -0.25) is 0 Å². The van der Waals surface area contributed by atoms with Crippen molar-refractivity contribution in [1.29, 1.82) is 0 Å². The Balaban J connectivity index is 1.26. The van der Waals surface area contributed by atoms with E-state index in [9.17, 15) is 2.74 Å². The molecule has 0 fully saturated rings. The second-order valence-electron chi connectivity index (χ2n) is 22.7. The highest BCUT2D eigenvalue weighted by Gasteiger charge is 2.46. The number of thiophene rings is 1. The van der Waals surface area contributed by atoms with Gasteiger partial charge in [-0.2, -0.15) is 0 Å². The van der Waals surface area contributed by atoms with Crippen LogP contribution in [0.3, 0.4) is 0 Å². The van der Waals surface area contributed by atoms with Crippen molar-refractivity contribution in [3.63, 3.8) is 0 Å². The maximum atomic E-state index is 9.57. The lowest BCUT2D eigenvalue weighted by molar-refractivity contribution is 0.590. The van der Waals surface area contributed by atoms with Gasteiger partial charge >= 0.3 is 0 Å². The Morgan fingerprint density at radius 2 is 1.01 bits per heavy atom. The van der Waals surface area contributed by atoms with Crippen LogP contribution in [-0.2, 0) is 16.2 Å². The maximum Gasteiger partial charge on any atom is 0.264 e. The zero-order valence-electron chi connectivity index (χ0n) is 48.1. The van der Waals surface area contributed by atoms with E-state index in [-0.39, 0.29) is 52.7 Å². The lowest BCUT2D eigenvalue weighted by atomic mass is 9.36. The molecule has 2 aliphatic heterocycles. The number of nitrogens with zero attached hydrogens (tertiary/aromatic N) is 3. The fourth-order valence-electron chi connectivity index (χ4n) is 10.9. The summed E-state index contributed by atoms with van der Waals surface area (Å²) in [6.07, 6.45) is 0. The lowest BCUT2D eigenvalue weighted by Crippen LogP contribution is -2.60. The molecule has 0 atom stereocenters. The number of fused-ring (bicyclic) bond motifs is 6. The second kappa shape index (κ2) is 17.6. The summed E-state index contributed by atoms with van der Waals surface area (Å²) in [7, 11) is 0. The Kier molecular flexibility index (Phi) is 9.85. The summed E-state index contributed by atoms with van der Waals surface area (Å²) < 4.78 is 48.3. The molecule has 2 aliphatic rings. The van der Waals surface area contributed by atoms with E-state index in [0.717, 1.165) is 78.6 Å². The minimum atomic E-state index is -0.423. The minimum absolute atomic E-state index is 0.0912. The monoisotopic (exact) mass is 969 g/mol. The van der Waals surface area contributed by atoms with Gasteiger partial charge < -0.3 is 14.7 Å². The van der Waals surface area contributed by atoms with Crippen LogP contribution in [0.4, 0.5) is 51.2 Å². The highest BCUT2D eigenvalue weighted by atomic mass is 32.1. The van der Waals surface area contributed by atoms with Gasteiger partial charge in [0.2, 0.25) is 0 Å². The van der Waals surface area contributed by atoms with Crippen molar-refractivity contribution in [2.75, 3.05) is 14.7 Å². The molecule has 0 bridgehead atoms. The predicted octanol–water partition coefficient (Wildman–Crippen LogP) is 17.7. The van der Waals surface area contributed by atoms with E-state index in [1.807, 2.05) is 23.5 Å². The minimum Gasteiger partial charge on any atom is -0.311 e. The van der Waals surface area contributed by atoms with Crippen molar-refractivity contribution >= 4 is 95.0 Å². The van der Waals surface area contributed by atoms with Gasteiger partial charge in [-0.1, -0.05) is 190 Å². The van der Waals surface area contributed by atoms with Crippen molar-refractivity contribution < 1.29 is 6.85 Å². The third-order valence-electron chi connectivity index (χ3n) is 14.8. The maximum absolute atomic E-state index is 9.57. The Hall–Kier alpha value is -7.60. The van der Waals surface area contributed by atoms with Crippen LogP contribution in [0.1, 0.15) is 85.9 Å². The van der Waals surface area contributed by atoms with Gasteiger partial charge in [0.15, 0.2) is 0 Å². The van der Waals surface area contributed by atoms with E-state index in [1.165, 1.54) is 26.2 Å². The van der Waals surface area contributed by atoms with Crippen LogP contribution in [0.5, 0.6) is 0 Å². The van der Waals surface area contributed by atoms with E-state index in [4.69, 9.17) is 4.11 Å². The third-order valence-corrected chi connectivity index (χ3v) is 16.0. The largest absolute Gasteiger partial charge is 0.311 e. The molecule has 3 heterocycles. The van der Waals surface area contributed by atoms with E-state index in [1.54, 1.807) is 0 Å². The molecule has 0 radical (unpaired) electrons. The van der Waals surface area contributed by atoms with E-state index in [2.05, 4.69) is 247 Å². The molecule has 5 heteroatoms. The molecule has 0 spiro atoms. The van der Waals surface area contributed by atoms with Crippen LogP contribution in [0, 0.1) is 0 Å². The number of hydrogen-bond acceptors (Lipinski definition) is 4. The van der Waals surface area contributed by atoms with E-state index >= 15 is 0 Å². The smallest absolute Gasteiger partial charge is 0.264 e. The van der Waals surface area contributed by atoms with Crippen molar-refractivity contribution in [1.82, 2.24) is 0 Å². The normalized spacial score (nSPS) is 14.2. The molecule has 73 heavy (non-hydrogen) atoms. The van der Waals surface area contributed by atoms with Crippen LogP contribution in [0.15, 0.2) is 212 Å². The molecule has 3 nitrogen and oxygen atoms in total. The molecule has 0 N–H and O–H groups in total. The van der Waals surface area contributed by atoms with Gasteiger partial charge in [-0.25, -0.2) is 0 Å². The lowest BCUT2D eigenvalue weighted by Gasteiger charge is -2.44. The summed E-state index contributed by atoms with van der Waals surface area (Å²) in [6.45, 7) is 20.0. The molecule has 358 valence electrons. The van der Waals surface area contributed by atoms with Crippen molar-refractivity contribution in [3.05, 3.63) is 229 Å². The average Bonchev–Trinajstić information content (AvgIpc) is 2.89. The van der Waals surface area contributed by atoms with Crippen molar-refractivity contribution in [2.45, 2.75) is 78.6 Å². The van der Waals surface area contributed by atoms with E-state index < -0.39 is 6.04 Å². The molecule has 12 rings (SSSR count). The molecule has 0 aliphatic carbocycles. The molecule has 0 amide bonds. The Labute approximate surface area is 444 Å². The average molecular weight is 969 g/mol. The SMILES string of the molecule is [2H]c1c([2H])c([2H])c(-c2cc3c4c(c2)N(c2ccc(C(C)(C)C)cc2)c2c(sc5ccc(C(C)(C)C)cc25)B4c2ccc(N(c4ccccc4)c4ccccc4)cc2N3c2ccc(C(C)(C)C)cc2-c2ccccc2)c([2H])c1[2H]. The summed E-state index contributed by atoms with van der Waals surface area (Å²) in [5.74, 6) is 0. The second-order valence-corrected chi connectivity index (χ2v) is 23.8. The number of anilines is 9. The van der Waals surface area contributed by atoms with Crippen LogP contribution >= 0.6 is 11.3 Å². The quantitative estimate of drug-likeness (QED) is 0.147. The number of rotatable bonds is 7. The topological polar surface area (TPSA) is 9.72 Å². The summed E-state index contributed by atoms with van der Waals surface area (Å²) in [6, 6.07) is 63.8. The Bertz CT molecular complexity index is 3920. The molecular weight excluding hydrogens is 902 g/mol. The zero-order valence-corrected chi connectivity index (χ0v) is 44.0. The van der Waals surface area contributed by atoms with Crippen molar-refractivity contribution in [2.24, 2.45) is 0 Å². The first-order chi connectivity index (χ1) is 37.2. The first kappa shape index (κ1) is 40.9. The predicted molar refractivity (Wildman–Crippen MR) is 318 cm³/mol. The van der Waals surface area contributed by atoms with Gasteiger partial charge in [-0.15, -0.1) is 11.3 Å². The summed E-state index contributed by atoms with van der Waals surface area (Å²) >= 11 is 1.84. The third kappa shape index (κ3) is 8.15. The summed E-state index contributed by atoms with van der Waals surface area (Å²) in [4.78, 5) is 7.13. The molecular formula is C68H62BN3S. The van der Waals surface area contributed by atoms with Gasteiger partial charge in [0.25, 0.3) is 6.71 Å². The Morgan fingerprint density at radius 1 is 0.452 bits per heavy atom. The van der Waals surface area contributed by atoms with Gasteiger partial charge in [0.05, 0.1) is 18.2 Å². The number of benzene rings is 9. The first-order valence-electron chi connectivity index (χ1n) is 28.0. The van der Waals surface area contributed by atoms with Crippen LogP contribution in [-0.4, -0.2) is 6.71 Å². The summed E-state index contributed by atoms with van der Waals surface area (Å²) in [5, 5.41) is 1.15. The fraction of sp³-hybridized carbons (Fsp3) is 0.176.